The van der Waals surface area contributed by atoms with E-state index in [1.54, 1.807) is 0 Å². The van der Waals surface area contributed by atoms with Crippen molar-refractivity contribution in [3.63, 3.8) is 0 Å². The lowest BCUT2D eigenvalue weighted by Gasteiger charge is -2.30. The Morgan fingerprint density at radius 2 is 2.05 bits per heavy atom. The standard InChI is InChI=1S/C14H17F2NO3/c15-13(16)20-12-8-4-7-11(12)17(14(18)19)9-10-5-2-1-3-6-10/h1-3,5-6,11-13H,4,7-9H2,(H,18,19)/t11-,12-/m0/s1. The van der Waals surface area contributed by atoms with Crippen molar-refractivity contribution in [2.24, 2.45) is 0 Å². The molecule has 1 aromatic carbocycles. The predicted molar refractivity (Wildman–Crippen MR) is 68.5 cm³/mol. The van der Waals surface area contributed by atoms with Crippen molar-refractivity contribution < 1.29 is 23.4 Å². The van der Waals surface area contributed by atoms with Gasteiger partial charge in [-0.1, -0.05) is 30.3 Å². The smallest absolute Gasteiger partial charge is 0.407 e. The summed E-state index contributed by atoms with van der Waals surface area (Å²) in [4.78, 5) is 12.6. The van der Waals surface area contributed by atoms with Crippen LogP contribution < -0.4 is 0 Å². The van der Waals surface area contributed by atoms with Crippen molar-refractivity contribution >= 4 is 6.09 Å². The van der Waals surface area contributed by atoms with Crippen LogP contribution in [0.1, 0.15) is 24.8 Å². The molecule has 1 fully saturated rings. The minimum absolute atomic E-state index is 0.184. The second-order valence-electron chi connectivity index (χ2n) is 4.83. The molecule has 1 aromatic rings. The van der Waals surface area contributed by atoms with Crippen molar-refractivity contribution in [1.29, 1.82) is 0 Å². The highest BCUT2D eigenvalue weighted by Gasteiger charge is 2.37. The van der Waals surface area contributed by atoms with E-state index in [2.05, 4.69) is 4.74 Å². The number of halogens is 2. The molecule has 0 aliphatic heterocycles. The summed E-state index contributed by atoms with van der Waals surface area (Å²) in [6, 6.07) is 8.59. The molecule has 1 aliphatic rings. The molecule has 0 spiro atoms. The molecule has 4 nitrogen and oxygen atoms in total. The number of nitrogens with zero attached hydrogens (tertiary/aromatic N) is 1. The molecule has 2 rings (SSSR count). The van der Waals surface area contributed by atoms with Gasteiger partial charge in [0.25, 0.3) is 0 Å². The molecule has 20 heavy (non-hydrogen) atoms. The Morgan fingerprint density at radius 1 is 1.35 bits per heavy atom. The van der Waals surface area contributed by atoms with Gasteiger partial charge in [-0.2, -0.15) is 8.78 Å². The van der Waals surface area contributed by atoms with Crippen molar-refractivity contribution in [3.8, 4) is 0 Å². The predicted octanol–water partition coefficient (Wildman–Crippen LogP) is 3.33. The first-order valence-electron chi connectivity index (χ1n) is 6.55. The molecule has 1 amide bonds. The fraction of sp³-hybridized carbons (Fsp3) is 0.500. The summed E-state index contributed by atoms with van der Waals surface area (Å²) in [6.45, 7) is -2.68. The third-order valence-electron chi connectivity index (χ3n) is 3.54. The van der Waals surface area contributed by atoms with Crippen LogP contribution >= 0.6 is 0 Å². The maximum atomic E-state index is 12.4. The molecule has 1 N–H and O–H groups in total. The van der Waals surface area contributed by atoms with Crippen LogP contribution in [0, 0.1) is 0 Å². The average Bonchev–Trinajstić information content (AvgIpc) is 2.84. The number of alkyl halides is 2. The van der Waals surface area contributed by atoms with Crippen LogP contribution in [-0.2, 0) is 11.3 Å². The van der Waals surface area contributed by atoms with Gasteiger partial charge in [0.15, 0.2) is 0 Å². The SMILES string of the molecule is O=C(O)N(Cc1ccccc1)[C@H]1CCC[C@@H]1OC(F)F. The number of amides is 1. The molecule has 0 aromatic heterocycles. The van der Waals surface area contributed by atoms with Gasteiger partial charge in [-0.15, -0.1) is 0 Å². The molecule has 0 saturated heterocycles. The van der Waals surface area contributed by atoms with Gasteiger partial charge in [-0.05, 0) is 24.8 Å². The lowest BCUT2D eigenvalue weighted by Crippen LogP contribution is -2.44. The highest BCUT2D eigenvalue weighted by atomic mass is 19.3. The summed E-state index contributed by atoms with van der Waals surface area (Å²) in [5, 5.41) is 9.33. The monoisotopic (exact) mass is 285 g/mol. The fourth-order valence-electron chi connectivity index (χ4n) is 2.66. The van der Waals surface area contributed by atoms with Crippen LogP contribution in [0.3, 0.4) is 0 Å². The second-order valence-corrected chi connectivity index (χ2v) is 4.83. The Balaban J connectivity index is 2.09. The van der Waals surface area contributed by atoms with Crippen molar-refractivity contribution in [2.45, 2.75) is 44.6 Å². The van der Waals surface area contributed by atoms with Crippen LogP contribution in [-0.4, -0.2) is 34.9 Å². The maximum absolute atomic E-state index is 12.4. The van der Waals surface area contributed by atoms with E-state index in [4.69, 9.17) is 0 Å². The first-order chi connectivity index (χ1) is 9.58. The van der Waals surface area contributed by atoms with Crippen LogP contribution in [0.25, 0.3) is 0 Å². The maximum Gasteiger partial charge on any atom is 0.407 e. The molecule has 1 saturated carbocycles. The van der Waals surface area contributed by atoms with Crippen molar-refractivity contribution in [2.75, 3.05) is 0 Å². The van der Waals surface area contributed by atoms with Crippen LogP contribution in [0.15, 0.2) is 30.3 Å². The zero-order valence-electron chi connectivity index (χ0n) is 10.9. The normalized spacial score (nSPS) is 22.1. The topological polar surface area (TPSA) is 49.8 Å². The largest absolute Gasteiger partial charge is 0.465 e. The molecule has 6 heteroatoms. The summed E-state index contributed by atoms with van der Waals surface area (Å²) < 4.78 is 29.3. The van der Waals surface area contributed by atoms with Gasteiger partial charge in [0.2, 0.25) is 0 Å². The van der Waals surface area contributed by atoms with E-state index < -0.39 is 24.9 Å². The summed E-state index contributed by atoms with van der Waals surface area (Å²) in [5.74, 6) is 0. The van der Waals surface area contributed by atoms with E-state index >= 15 is 0 Å². The summed E-state index contributed by atoms with van der Waals surface area (Å²) >= 11 is 0. The second kappa shape index (κ2) is 6.65. The lowest BCUT2D eigenvalue weighted by molar-refractivity contribution is -0.172. The summed E-state index contributed by atoms with van der Waals surface area (Å²) in [6.07, 6.45) is -0.122. The first-order valence-corrected chi connectivity index (χ1v) is 6.55. The van der Waals surface area contributed by atoms with Gasteiger partial charge >= 0.3 is 12.7 Å². The number of rotatable bonds is 5. The van der Waals surface area contributed by atoms with Gasteiger partial charge in [0.1, 0.15) is 0 Å². The molecule has 110 valence electrons. The van der Waals surface area contributed by atoms with Gasteiger partial charge in [0.05, 0.1) is 12.1 Å². The van der Waals surface area contributed by atoms with E-state index in [9.17, 15) is 18.7 Å². The summed E-state index contributed by atoms with van der Waals surface area (Å²) in [5.41, 5.74) is 0.831. The Labute approximate surface area is 116 Å². The van der Waals surface area contributed by atoms with Crippen LogP contribution in [0.4, 0.5) is 13.6 Å². The van der Waals surface area contributed by atoms with Gasteiger partial charge in [-0.25, -0.2) is 4.79 Å². The number of carbonyl (C=O) groups is 1. The zero-order valence-corrected chi connectivity index (χ0v) is 10.9. The molecule has 0 radical (unpaired) electrons. The molecule has 0 heterocycles. The molecular weight excluding hydrogens is 268 g/mol. The van der Waals surface area contributed by atoms with E-state index in [-0.39, 0.29) is 6.54 Å². The minimum Gasteiger partial charge on any atom is -0.465 e. The van der Waals surface area contributed by atoms with Gasteiger partial charge < -0.3 is 9.84 Å². The molecule has 0 bridgehead atoms. The Kier molecular flexibility index (Phi) is 4.89. The molecule has 1 aliphatic carbocycles. The lowest BCUT2D eigenvalue weighted by atomic mass is 10.1. The third-order valence-corrected chi connectivity index (χ3v) is 3.54. The Morgan fingerprint density at radius 3 is 2.65 bits per heavy atom. The number of benzene rings is 1. The number of hydrogen-bond acceptors (Lipinski definition) is 2. The number of ether oxygens (including phenoxy) is 1. The molecular formula is C14H17F2NO3. The van der Waals surface area contributed by atoms with Gasteiger partial charge in [0, 0.05) is 6.54 Å². The number of carboxylic acid groups (broad SMARTS) is 1. The highest BCUT2D eigenvalue weighted by molar-refractivity contribution is 5.65. The van der Waals surface area contributed by atoms with Crippen LogP contribution in [0.5, 0.6) is 0 Å². The zero-order chi connectivity index (χ0) is 14.5. The molecule has 0 unspecified atom stereocenters. The minimum atomic E-state index is -2.87. The van der Waals surface area contributed by atoms with E-state index in [1.165, 1.54) is 4.90 Å². The Bertz CT molecular complexity index is 441. The van der Waals surface area contributed by atoms with Crippen molar-refractivity contribution in [3.05, 3.63) is 35.9 Å². The average molecular weight is 285 g/mol. The molecule has 2 atom stereocenters. The van der Waals surface area contributed by atoms with E-state index in [1.807, 2.05) is 30.3 Å². The van der Waals surface area contributed by atoms with E-state index in [0.717, 1.165) is 5.56 Å². The quantitative estimate of drug-likeness (QED) is 0.902. The van der Waals surface area contributed by atoms with Gasteiger partial charge in [-0.3, -0.25) is 4.90 Å². The first kappa shape index (κ1) is 14.7. The Hall–Kier alpha value is -1.69. The fourth-order valence-corrected chi connectivity index (χ4v) is 2.66. The van der Waals surface area contributed by atoms with E-state index in [0.29, 0.717) is 19.3 Å². The third kappa shape index (κ3) is 3.66. The van der Waals surface area contributed by atoms with Crippen LogP contribution in [0.2, 0.25) is 0 Å². The number of hydrogen-bond donors (Lipinski definition) is 1. The highest BCUT2D eigenvalue weighted by Crippen LogP contribution is 2.29. The van der Waals surface area contributed by atoms with Crippen molar-refractivity contribution in [1.82, 2.24) is 4.90 Å². The summed E-state index contributed by atoms with van der Waals surface area (Å²) in [7, 11) is 0.